The smallest absolute Gasteiger partial charge is 0.119 e. The van der Waals surface area contributed by atoms with Gasteiger partial charge in [0.15, 0.2) is 0 Å². The fourth-order valence-corrected chi connectivity index (χ4v) is 2.98. The Morgan fingerprint density at radius 1 is 1.28 bits per heavy atom. The van der Waals surface area contributed by atoms with Crippen molar-refractivity contribution in [2.45, 2.75) is 32.2 Å². The van der Waals surface area contributed by atoms with Crippen LogP contribution in [0.2, 0.25) is 0 Å². The van der Waals surface area contributed by atoms with Crippen molar-refractivity contribution in [1.82, 2.24) is 4.90 Å². The third-order valence-electron chi connectivity index (χ3n) is 3.53. The van der Waals surface area contributed by atoms with Crippen LogP contribution < -0.4 is 4.74 Å². The van der Waals surface area contributed by atoms with E-state index in [0.717, 1.165) is 18.8 Å². The minimum atomic E-state index is 0.326. The minimum absolute atomic E-state index is 0.326. The summed E-state index contributed by atoms with van der Waals surface area (Å²) < 4.78 is 5.57. The number of alkyl halides is 1. The second-order valence-electron chi connectivity index (χ2n) is 4.77. The minimum Gasteiger partial charge on any atom is -0.494 e. The van der Waals surface area contributed by atoms with Crippen LogP contribution in [0.15, 0.2) is 24.3 Å². The number of likely N-dealkylation sites (tertiary alicyclic amines) is 1. The molecule has 1 heterocycles. The first-order chi connectivity index (χ1) is 8.85. The van der Waals surface area contributed by atoms with Crippen LogP contribution in [-0.4, -0.2) is 30.5 Å². The molecule has 2 nitrogen and oxygen atoms in total. The van der Waals surface area contributed by atoms with Crippen molar-refractivity contribution in [2.24, 2.45) is 0 Å². The lowest BCUT2D eigenvalue weighted by Crippen LogP contribution is -2.34. The summed E-state index contributed by atoms with van der Waals surface area (Å²) >= 11 is 6.18. The van der Waals surface area contributed by atoms with Crippen LogP contribution in [0.4, 0.5) is 0 Å². The number of benzene rings is 1. The first-order valence-corrected chi connectivity index (χ1v) is 7.41. The molecule has 3 heteroatoms. The maximum absolute atomic E-state index is 6.18. The van der Waals surface area contributed by atoms with E-state index in [1.165, 1.54) is 24.8 Å². The Bertz CT molecular complexity index is 363. The van der Waals surface area contributed by atoms with Gasteiger partial charge in [-0.15, -0.1) is 11.6 Å². The van der Waals surface area contributed by atoms with Crippen molar-refractivity contribution in [3.8, 4) is 5.75 Å². The highest BCUT2D eigenvalue weighted by Crippen LogP contribution is 2.28. The topological polar surface area (TPSA) is 12.5 Å². The van der Waals surface area contributed by atoms with Gasteiger partial charge in [-0.25, -0.2) is 0 Å². The van der Waals surface area contributed by atoms with Gasteiger partial charge in [0.05, 0.1) is 6.61 Å². The number of halogens is 1. The fourth-order valence-electron chi connectivity index (χ4n) is 2.61. The number of ether oxygens (including phenoxy) is 1. The molecule has 0 aliphatic carbocycles. The van der Waals surface area contributed by atoms with E-state index >= 15 is 0 Å². The summed E-state index contributed by atoms with van der Waals surface area (Å²) in [7, 11) is 0. The molecule has 18 heavy (non-hydrogen) atoms. The van der Waals surface area contributed by atoms with E-state index in [9.17, 15) is 0 Å². The summed E-state index contributed by atoms with van der Waals surface area (Å²) in [6.07, 6.45) is 3.93. The zero-order valence-corrected chi connectivity index (χ0v) is 11.8. The van der Waals surface area contributed by atoms with Crippen LogP contribution in [0.5, 0.6) is 5.75 Å². The molecule has 0 aromatic heterocycles. The predicted molar refractivity (Wildman–Crippen MR) is 76.5 cm³/mol. The van der Waals surface area contributed by atoms with Crippen molar-refractivity contribution in [2.75, 3.05) is 25.6 Å². The SMILES string of the molecule is CCOc1cccc(C(CCl)N2CCCCC2)c1. The van der Waals surface area contributed by atoms with E-state index in [4.69, 9.17) is 16.3 Å². The Morgan fingerprint density at radius 2 is 2.06 bits per heavy atom. The molecule has 0 N–H and O–H groups in total. The summed E-state index contributed by atoms with van der Waals surface area (Å²) in [6.45, 7) is 5.04. The van der Waals surface area contributed by atoms with Crippen LogP contribution in [-0.2, 0) is 0 Å². The Hall–Kier alpha value is -0.730. The molecule has 1 fully saturated rings. The van der Waals surface area contributed by atoms with Gasteiger partial charge in [-0.3, -0.25) is 4.90 Å². The van der Waals surface area contributed by atoms with Crippen molar-refractivity contribution in [3.05, 3.63) is 29.8 Å². The van der Waals surface area contributed by atoms with Crippen LogP contribution in [0, 0.1) is 0 Å². The van der Waals surface area contributed by atoms with Gasteiger partial charge in [0.25, 0.3) is 0 Å². The average Bonchev–Trinajstić information content (AvgIpc) is 2.42. The standard InChI is InChI=1S/C15H22ClNO/c1-2-18-14-8-6-7-13(11-14)15(12-16)17-9-4-3-5-10-17/h6-8,11,15H,2-5,9-10,12H2,1H3. The van der Waals surface area contributed by atoms with E-state index in [-0.39, 0.29) is 0 Å². The normalized spacial score (nSPS) is 18.6. The summed E-state index contributed by atoms with van der Waals surface area (Å²) in [5.41, 5.74) is 1.28. The van der Waals surface area contributed by atoms with Gasteiger partial charge in [-0.05, 0) is 50.6 Å². The Kier molecular flexibility index (Phi) is 5.33. The molecule has 0 radical (unpaired) electrons. The van der Waals surface area contributed by atoms with Gasteiger partial charge >= 0.3 is 0 Å². The Balaban J connectivity index is 2.12. The Morgan fingerprint density at radius 3 is 2.72 bits per heavy atom. The molecule has 1 aliphatic rings. The van der Waals surface area contributed by atoms with Gasteiger partial charge in [0.1, 0.15) is 5.75 Å². The fraction of sp³-hybridized carbons (Fsp3) is 0.600. The maximum atomic E-state index is 6.18. The molecular weight excluding hydrogens is 246 g/mol. The molecule has 1 unspecified atom stereocenters. The largest absolute Gasteiger partial charge is 0.494 e. The predicted octanol–water partition coefficient (Wildman–Crippen LogP) is 3.85. The van der Waals surface area contributed by atoms with Crippen molar-refractivity contribution < 1.29 is 4.74 Å². The molecule has 1 aromatic rings. The lowest BCUT2D eigenvalue weighted by molar-refractivity contribution is 0.176. The molecular formula is C15H22ClNO. The monoisotopic (exact) mass is 267 g/mol. The van der Waals surface area contributed by atoms with Crippen LogP contribution in [0.1, 0.15) is 37.8 Å². The summed E-state index contributed by atoms with van der Waals surface area (Å²) in [5.74, 6) is 1.59. The number of rotatable bonds is 5. The number of hydrogen-bond acceptors (Lipinski definition) is 2. The molecule has 0 bridgehead atoms. The van der Waals surface area contributed by atoms with Crippen LogP contribution >= 0.6 is 11.6 Å². The van der Waals surface area contributed by atoms with Gasteiger partial charge in [0.2, 0.25) is 0 Å². The highest BCUT2D eigenvalue weighted by molar-refractivity contribution is 6.18. The van der Waals surface area contributed by atoms with Crippen LogP contribution in [0.25, 0.3) is 0 Å². The van der Waals surface area contributed by atoms with Gasteiger partial charge in [0, 0.05) is 11.9 Å². The van der Waals surface area contributed by atoms with E-state index in [0.29, 0.717) is 18.5 Å². The summed E-state index contributed by atoms with van der Waals surface area (Å²) in [5, 5.41) is 0. The maximum Gasteiger partial charge on any atom is 0.119 e. The molecule has 0 amide bonds. The van der Waals surface area contributed by atoms with Crippen molar-refractivity contribution >= 4 is 11.6 Å². The second kappa shape index (κ2) is 7.01. The quantitative estimate of drug-likeness (QED) is 0.752. The second-order valence-corrected chi connectivity index (χ2v) is 5.08. The molecule has 1 aliphatic heterocycles. The number of hydrogen-bond donors (Lipinski definition) is 0. The van der Waals surface area contributed by atoms with Crippen LogP contribution in [0.3, 0.4) is 0 Å². The lowest BCUT2D eigenvalue weighted by Gasteiger charge is -2.33. The molecule has 2 rings (SSSR count). The zero-order valence-electron chi connectivity index (χ0n) is 11.1. The zero-order chi connectivity index (χ0) is 12.8. The first-order valence-electron chi connectivity index (χ1n) is 6.88. The van der Waals surface area contributed by atoms with E-state index in [2.05, 4.69) is 23.1 Å². The lowest BCUT2D eigenvalue weighted by atomic mass is 10.0. The molecule has 100 valence electrons. The third-order valence-corrected chi connectivity index (χ3v) is 3.82. The van der Waals surface area contributed by atoms with E-state index in [1.807, 2.05) is 13.0 Å². The van der Waals surface area contributed by atoms with E-state index < -0.39 is 0 Å². The molecule has 0 saturated carbocycles. The number of nitrogens with zero attached hydrogens (tertiary/aromatic N) is 1. The third kappa shape index (κ3) is 3.39. The highest BCUT2D eigenvalue weighted by Gasteiger charge is 2.21. The molecule has 1 saturated heterocycles. The average molecular weight is 268 g/mol. The highest BCUT2D eigenvalue weighted by atomic mass is 35.5. The van der Waals surface area contributed by atoms with E-state index in [1.54, 1.807) is 0 Å². The summed E-state index contributed by atoms with van der Waals surface area (Å²) in [6, 6.07) is 8.68. The Labute approximate surface area is 115 Å². The van der Waals surface area contributed by atoms with Gasteiger partial charge in [-0.1, -0.05) is 18.6 Å². The van der Waals surface area contributed by atoms with Crippen molar-refractivity contribution in [3.63, 3.8) is 0 Å². The first kappa shape index (κ1) is 13.7. The molecule has 1 aromatic carbocycles. The molecule has 0 spiro atoms. The van der Waals surface area contributed by atoms with Gasteiger partial charge < -0.3 is 4.74 Å². The van der Waals surface area contributed by atoms with Crippen molar-refractivity contribution in [1.29, 1.82) is 0 Å². The van der Waals surface area contributed by atoms with Gasteiger partial charge in [-0.2, -0.15) is 0 Å². The molecule has 1 atom stereocenters. The number of piperidine rings is 1. The summed E-state index contributed by atoms with van der Waals surface area (Å²) in [4.78, 5) is 2.50.